The lowest BCUT2D eigenvalue weighted by Crippen LogP contribution is -2.42. The fourth-order valence-corrected chi connectivity index (χ4v) is 3.91. The third kappa shape index (κ3) is 3.53. The summed E-state index contributed by atoms with van der Waals surface area (Å²) in [5.74, 6) is -1.51. The monoisotopic (exact) mass is 389 g/mol. The Hall–Kier alpha value is -2.70. The van der Waals surface area contributed by atoms with Gasteiger partial charge in [-0.2, -0.15) is 13.2 Å². The van der Waals surface area contributed by atoms with E-state index in [1.54, 1.807) is 12.1 Å². The Balaban J connectivity index is 1.49. The maximum atomic E-state index is 12.8. The molecule has 1 amide bonds. The SMILES string of the molecule is Cc1cccc(N2CNc3cc(C(=O)N4CCC(C(F)(F)F)CC4)ccc32)c1. The van der Waals surface area contributed by atoms with Gasteiger partial charge in [-0.3, -0.25) is 4.79 Å². The zero-order valence-corrected chi connectivity index (χ0v) is 15.6. The smallest absolute Gasteiger partial charge is 0.366 e. The van der Waals surface area contributed by atoms with Gasteiger partial charge in [-0.1, -0.05) is 12.1 Å². The van der Waals surface area contributed by atoms with Crippen LogP contribution >= 0.6 is 0 Å². The molecular formula is C21H22F3N3O. The van der Waals surface area contributed by atoms with E-state index in [-0.39, 0.29) is 31.8 Å². The van der Waals surface area contributed by atoms with Crippen LogP contribution < -0.4 is 10.2 Å². The Kier molecular flexibility index (Phi) is 4.69. The number of piperidine rings is 1. The number of anilines is 3. The number of aryl methyl sites for hydroxylation is 1. The van der Waals surface area contributed by atoms with Gasteiger partial charge < -0.3 is 15.1 Å². The van der Waals surface area contributed by atoms with Crippen LogP contribution in [0.3, 0.4) is 0 Å². The van der Waals surface area contributed by atoms with E-state index in [1.807, 2.05) is 31.2 Å². The van der Waals surface area contributed by atoms with Crippen molar-refractivity contribution >= 4 is 23.0 Å². The van der Waals surface area contributed by atoms with Gasteiger partial charge in [0.25, 0.3) is 5.91 Å². The first-order valence-corrected chi connectivity index (χ1v) is 9.41. The molecule has 0 spiro atoms. The molecular weight excluding hydrogens is 367 g/mol. The molecule has 4 rings (SSSR count). The molecule has 0 unspecified atom stereocenters. The predicted molar refractivity (Wildman–Crippen MR) is 103 cm³/mol. The van der Waals surface area contributed by atoms with Crippen LogP contribution in [-0.2, 0) is 0 Å². The summed E-state index contributed by atoms with van der Waals surface area (Å²) >= 11 is 0. The van der Waals surface area contributed by atoms with Crippen molar-refractivity contribution < 1.29 is 18.0 Å². The minimum Gasteiger partial charge on any atom is -0.366 e. The van der Waals surface area contributed by atoms with Gasteiger partial charge in [0, 0.05) is 24.3 Å². The summed E-state index contributed by atoms with van der Waals surface area (Å²) in [4.78, 5) is 16.4. The lowest BCUT2D eigenvalue weighted by molar-refractivity contribution is -0.183. The van der Waals surface area contributed by atoms with Crippen molar-refractivity contribution in [3.63, 3.8) is 0 Å². The van der Waals surface area contributed by atoms with E-state index in [0.717, 1.165) is 17.1 Å². The maximum Gasteiger partial charge on any atom is 0.391 e. The molecule has 2 heterocycles. The molecule has 0 bridgehead atoms. The second-order valence-corrected chi connectivity index (χ2v) is 7.44. The highest BCUT2D eigenvalue weighted by molar-refractivity contribution is 5.97. The number of halogens is 3. The van der Waals surface area contributed by atoms with Crippen LogP contribution in [0.5, 0.6) is 0 Å². The third-order valence-corrected chi connectivity index (χ3v) is 5.52. The largest absolute Gasteiger partial charge is 0.391 e. The summed E-state index contributed by atoms with van der Waals surface area (Å²) in [6.07, 6.45) is -4.23. The predicted octanol–water partition coefficient (Wildman–Crippen LogP) is 4.93. The normalized spacial score (nSPS) is 17.4. The zero-order chi connectivity index (χ0) is 19.9. The van der Waals surface area contributed by atoms with E-state index in [2.05, 4.69) is 16.3 Å². The lowest BCUT2D eigenvalue weighted by Gasteiger charge is -2.33. The third-order valence-electron chi connectivity index (χ3n) is 5.52. The Bertz CT molecular complexity index is 889. The number of hydrogen-bond donors (Lipinski definition) is 1. The molecule has 2 aliphatic rings. The van der Waals surface area contributed by atoms with Crippen LogP contribution in [0.25, 0.3) is 0 Å². The number of benzene rings is 2. The summed E-state index contributed by atoms with van der Waals surface area (Å²) in [7, 11) is 0. The summed E-state index contributed by atoms with van der Waals surface area (Å²) in [5.41, 5.74) is 4.58. The Morgan fingerprint density at radius 3 is 2.54 bits per heavy atom. The minimum absolute atomic E-state index is 0.0282. The molecule has 4 nitrogen and oxygen atoms in total. The molecule has 0 aliphatic carbocycles. The number of nitrogens with zero attached hydrogens (tertiary/aromatic N) is 2. The molecule has 7 heteroatoms. The van der Waals surface area contributed by atoms with Gasteiger partial charge in [0.15, 0.2) is 0 Å². The van der Waals surface area contributed by atoms with E-state index in [4.69, 9.17) is 0 Å². The summed E-state index contributed by atoms with van der Waals surface area (Å²) < 4.78 is 38.5. The van der Waals surface area contributed by atoms with Crippen LogP contribution in [-0.4, -0.2) is 36.7 Å². The van der Waals surface area contributed by atoms with Gasteiger partial charge in [0.05, 0.1) is 24.0 Å². The summed E-state index contributed by atoms with van der Waals surface area (Å²) in [5, 5.41) is 3.30. The van der Waals surface area contributed by atoms with Crippen molar-refractivity contribution in [2.75, 3.05) is 30.0 Å². The number of hydrogen-bond acceptors (Lipinski definition) is 3. The van der Waals surface area contributed by atoms with E-state index >= 15 is 0 Å². The number of rotatable bonds is 2. The molecule has 28 heavy (non-hydrogen) atoms. The van der Waals surface area contributed by atoms with Crippen molar-refractivity contribution in [3.8, 4) is 0 Å². The lowest BCUT2D eigenvalue weighted by atomic mass is 9.96. The quantitative estimate of drug-likeness (QED) is 0.791. The van der Waals surface area contributed by atoms with E-state index in [1.165, 1.54) is 10.5 Å². The van der Waals surface area contributed by atoms with E-state index < -0.39 is 12.1 Å². The summed E-state index contributed by atoms with van der Waals surface area (Å²) in [6.45, 7) is 2.93. The first-order chi connectivity index (χ1) is 13.3. The first kappa shape index (κ1) is 18.7. The number of nitrogens with one attached hydrogen (secondary N) is 1. The highest BCUT2D eigenvalue weighted by atomic mass is 19.4. The van der Waals surface area contributed by atoms with E-state index in [0.29, 0.717) is 12.2 Å². The number of amides is 1. The molecule has 1 saturated heterocycles. The highest BCUT2D eigenvalue weighted by Crippen LogP contribution is 2.38. The molecule has 1 fully saturated rings. The van der Waals surface area contributed by atoms with Crippen molar-refractivity contribution in [3.05, 3.63) is 53.6 Å². The Morgan fingerprint density at radius 2 is 1.86 bits per heavy atom. The fraction of sp³-hybridized carbons (Fsp3) is 0.381. The number of alkyl halides is 3. The topological polar surface area (TPSA) is 35.6 Å². The average molecular weight is 389 g/mol. The molecule has 1 N–H and O–H groups in total. The van der Waals surface area contributed by atoms with Crippen LogP contribution in [0.15, 0.2) is 42.5 Å². The minimum atomic E-state index is -4.17. The molecule has 0 saturated carbocycles. The Morgan fingerprint density at radius 1 is 1.11 bits per heavy atom. The number of carbonyl (C=O) groups excluding carboxylic acids is 1. The molecule has 0 atom stereocenters. The standard InChI is InChI=1S/C21H22F3N3O/c1-14-3-2-4-17(11-14)27-13-25-18-12-15(5-6-19(18)27)20(28)26-9-7-16(8-10-26)21(22,23)24/h2-6,11-12,16,25H,7-10,13H2,1H3. The summed E-state index contributed by atoms with van der Waals surface area (Å²) in [6, 6.07) is 13.6. The van der Waals surface area contributed by atoms with Crippen LogP contribution in [0.2, 0.25) is 0 Å². The van der Waals surface area contributed by atoms with Gasteiger partial charge in [0.2, 0.25) is 0 Å². The van der Waals surface area contributed by atoms with Crippen molar-refractivity contribution in [1.29, 1.82) is 0 Å². The van der Waals surface area contributed by atoms with Gasteiger partial charge in [-0.25, -0.2) is 0 Å². The fourth-order valence-electron chi connectivity index (χ4n) is 3.91. The molecule has 2 aliphatic heterocycles. The molecule has 148 valence electrons. The van der Waals surface area contributed by atoms with Gasteiger partial charge in [0.1, 0.15) is 0 Å². The second-order valence-electron chi connectivity index (χ2n) is 7.44. The number of fused-ring (bicyclic) bond motifs is 1. The van der Waals surface area contributed by atoms with E-state index in [9.17, 15) is 18.0 Å². The molecule has 2 aromatic rings. The van der Waals surface area contributed by atoms with Gasteiger partial charge >= 0.3 is 6.18 Å². The van der Waals surface area contributed by atoms with Crippen molar-refractivity contribution in [2.45, 2.75) is 25.9 Å². The average Bonchev–Trinajstić information content (AvgIpc) is 3.10. The van der Waals surface area contributed by atoms with Crippen molar-refractivity contribution in [1.82, 2.24) is 4.90 Å². The second kappa shape index (κ2) is 7.04. The molecule has 2 aromatic carbocycles. The van der Waals surface area contributed by atoms with Crippen molar-refractivity contribution in [2.24, 2.45) is 5.92 Å². The van der Waals surface area contributed by atoms with Gasteiger partial charge in [-0.15, -0.1) is 0 Å². The maximum absolute atomic E-state index is 12.8. The number of likely N-dealkylation sites (tertiary alicyclic amines) is 1. The van der Waals surface area contributed by atoms with Crippen LogP contribution in [0, 0.1) is 12.8 Å². The molecule has 0 aromatic heterocycles. The molecule has 0 radical (unpaired) electrons. The van der Waals surface area contributed by atoms with Crippen LogP contribution in [0.1, 0.15) is 28.8 Å². The van der Waals surface area contributed by atoms with Crippen LogP contribution in [0.4, 0.5) is 30.2 Å². The zero-order valence-electron chi connectivity index (χ0n) is 15.6. The number of carbonyl (C=O) groups is 1. The van der Waals surface area contributed by atoms with Gasteiger partial charge in [-0.05, 0) is 55.7 Å². The Labute approximate surface area is 161 Å². The first-order valence-electron chi connectivity index (χ1n) is 9.41. The highest BCUT2D eigenvalue weighted by Gasteiger charge is 2.41.